The van der Waals surface area contributed by atoms with Crippen LogP contribution >= 0.6 is 0 Å². The van der Waals surface area contributed by atoms with Crippen LogP contribution in [0.25, 0.3) is 0 Å². The summed E-state index contributed by atoms with van der Waals surface area (Å²) >= 11 is 0. The molecule has 2 rings (SSSR count). The SMILES string of the molecule is CC1CN(CCc2ccccn2)C(=O)NC1=O. The average molecular weight is 233 g/mol. The Morgan fingerprint density at radius 1 is 1.47 bits per heavy atom. The van der Waals surface area contributed by atoms with Gasteiger partial charge in [-0.2, -0.15) is 0 Å². The Bertz CT molecular complexity index is 419. The molecule has 2 heterocycles. The Labute approximate surface area is 99.8 Å². The molecule has 1 aliphatic rings. The molecule has 1 unspecified atom stereocenters. The van der Waals surface area contributed by atoms with Gasteiger partial charge in [0.1, 0.15) is 0 Å². The molecule has 1 aromatic rings. The highest BCUT2D eigenvalue weighted by atomic mass is 16.2. The van der Waals surface area contributed by atoms with E-state index in [2.05, 4.69) is 10.3 Å². The van der Waals surface area contributed by atoms with Crippen LogP contribution in [0.3, 0.4) is 0 Å². The van der Waals surface area contributed by atoms with Crippen LogP contribution in [-0.4, -0.2) is 34.9 Å². The van der Waals surface area contributed by atoms with Crippen LogP contribution in [0.2, 0.25) is 0 Å². The van der Waals surface area contributed by atoms with E-state index < -0.39 is 0 Å². The third-order valence-corrected chi connectivity index (χ3v) is 2.82. The number of urea groups is 1. The van der Waals surface area contributed by atoms with Crippen LogP contribution < -0.4 is 5.32 Å². The van der Waals surface area contributed by atoms with Gasteiger partial charge in [0.2, 0.25) is 5.91 Å². The Morgan fingerprint density at radius 2 is 2.29 bits per heavy atom. The molecule has 0 spiro atoms. The molecule has 17 heavy (non-hydrogen) atoms. The van der Waals surface area contributed by atoms with Crippen LogP contribution in [0.15, 0.2) is 24.4 Å². The number of carbonyl (C=O) groups is 2. The predicted octanol–water partition coefficient (Wildman–Crippen LogP) is 0.812. The molecule has 0 bridgehead atoms. The lowest BCUT2D eigenvalue weighted by molar-refractivity contribution is -0.125. The first-order valence-corrected chi connectivity index (χ1v) is 5.66. The number of amides is 3. The van der Waals surface area contributed by atoms with Crippen LogP contribution in [0.4, 0.5) is 4.79 Å². The van der Waals surface area contributed by atoms with Crippen LogP contribution in [0, 0.1) is 5.92 Å². The lowest BCUT2D eigenvalue weighted by Gasteiger charge is -2.30. The highest BCUT2D eigenvalue weighted by Gasteiger charge is 2.28. The smallest absolute Gasteiger partial charge is 0.323 e. The first-order valence-electron chi connectivity index (χ1n) is 5.66. The van der Waals surface area contributed by atoms with E-state index in [-0.39, 0.29) is 17.9 Å². The van der Waals surface area contributed by atoms with Gasteiger partial charge in [0.05, 0.1) is 5.92 Å². The maximum Gasteiger partial charge on any atom is 0.324 e. The van der Waals surface area contributed by atoms with Gasteiger partial charge in [-0.15, -0.1) is 0 Å². The second kappa shape index (κ2) is 4.95. The molecule has 1 atom stereocenters. The van der Waals surface area contributed by atoms with E-state index in [1.165, 1.54) is 0 Å². The molecule has 1 fully saturated rings. The lowest BCUT2D eigenvalue weighted by Crippen LogP contribution is -2.54. The molecule has 5 heteroatoms. The van der Waals surface area contributed by atoms with Gasteiger partial charge < -0.3 is 4.90 Å². The first kappa shape index (κ1) is 11.6. The maximum atomic E-state index is 11.5. The molecule has 0 aliphatic carbocycles. The topological polar surface area (TPSA) is 62.3 Å². The van der Waals surface area contributed by atoms with Gasteiger partial charge in [0.15, 0.2) is 0 Å². The third kappa shape index (κ3) is 2.81. The third-order valence-electron chi connectivity index (χ3n) is 2.82. The summed E-state index contributed by atoms with van der Waals surface area (Å²) < 4.78 is 0. The summed E-state index contributed by atoms with van der Waals surface area (Å²) in [4.78, 5) is 28.6. The summed E-state index contributed by atoms with van der Waals surface area (Å²) in [5.41, 5.74) is 0.949. The number of carbonyl (C=O) groups excluding carboxylic acids is 2. The molecule has 5 nitrogen and oxygen atoms in total. The molecule has 90 valence electrons. The molecular formula is C12H15N3O2. The quantitative estimate of drug-likeness (QED) is 0.840. The Hall–Kier alpha value is -1.91. The number of hydrogen-bond acceptors (Lipinski definition) is 3. The second-order valence-corrected chi connectivity index (χ2v) is 4.21. The van der Waals surface area contributed by atoms with E-state index in [0.29, 0.717) is 19.5 Å². The first-order chi connectivity index (χ1) is 8.16. The summed E-state index contributed by atoms with van der Waals surface area (Å²) in [5.74, 6) is -0.333. The molecule has 0 aromatic carbocycles. The molecule has 3 amide bonds. The minimum absolute atomic E-state index is 0.142. The van der Waals surface area contributed by atoms with Gasteiger partial charge in [0.25, 0.3) is 0 Å². The van der Waals surface area contributed by atoms with Crippen molar-refractivity contribution in [2.24, 2.45) is 5.92 Å². The molecular weight excluding hydrogens is 218 g/mol. The van der Waals surface area contributed by atoms with Gasteiger partial charge in [-0.1, -0.05) is 13.0 Å². The maximum absolute atomic E-state index is 11.5. The van der Waals surface area contributed by atoms with Gasteiger partial charge in [-0.3, -0.25) is 15.1 Å². The number of rotatable bonds is 3. The van der Waals surface area contributed by atoms with Crippen molar-refractivity contribution in [3.8, 4) is 0 Å². The minimum Gasteiger partial charge on any atom is -0.323 e. The number of aromatic nitrogens is 1. The van der Waals surface area contributed by atoms with Crippen molar-refractivity contribution in [3.05, 3.63) is 30.1 Å². The van der Waals surface area contributed by atoms with Crippen LogP contribution in [0.5, 0.6) is 0 Å². The van der Waals surface area contributed by atoms with Crippen molar-refractivity contribution < 1.29 is 9.59 Å². The fourth-order valence-corrected chi connectivity index (χ4v) is 1.79. The van der Waals surface area contributed by atoms with Crippen molar-refractivity contribution in [2.45, 2.75) is 13.3 Å². The van der Waals surface area contributed by atoms with E-state index in [0.717, 1.165) is 5.69 Å². The van der Waals surface area contributed by atoms with E-state index >= 15 is 0 Å². The van der Waals surface area contributed by atoms with E-state index in [1.807, 2.05) is 25.1 Å². The van der Waals surface area contributed by atoms with Crippen molar-refractivity contribution >= 4 is 11.9 Å². The molecule has 0 saturated carbocycles. The van der Waals surface area contributed by atoms with Gasteiger partial charge in [0, 0.05) is 31.4 Å². The number of imide groups is 1. The van der Waals surface area contributed by atoms with Crippen molar-refractivity contribution in [1.29, 1.82) is 0 Å². The molecule has 1 N–H and O–H groups in total. The fraction of sp³-hybridized carbons (Fsp3) is 0.417. The Kier molecular flexibility index (Phi) is 3.37. The number of nitrogens with zero attached hydrogens (tertiary/aromatic N) is 2. The lowest BCUT2D eigenvalue weighted by atomic mass is 10.1. The van der Waals surface area contributed by atoms with Gasteiger partial charge in [-0.05, 0) is 12.1 Å². The zero-order chi connectivity index (χ0) is 12.3. The highest BCUT2D eigenvalue weighted by Crippen LogP contribution is 2.08. The average Bonchev–Trinajstić information content (AvgIpc) is 2.33. The van der Waals surface area contributed by atoms with Crippen molar-refractivity contribution in [3.63, 3.8) is 0 Å². The zero-order valence-corrected chi connectivity index (χ0v) is 9.72. The minimum atomic E-state index is -0.302. The summed E-state index contributed by atoms with van der Waals surface area (Å²) in [6.07, 6.45) is 2.44. The standard InChI is InChI=1S/C12H15N3O2/c1-9-8-15(12(17)14-11(9)16)7-5-10-4-2-3-6-13-10/h2-4,6,9H,5,7-8H2,1H3,(H,14,16,17). The highest BCUT2D eigenvalue weighted by molar-refractivity contribution is 5.97. The van der Waals surface area contributed by atoms with E-state index in [4.69, 9.17) is 0 Å². The van der Waals surface area contributed by atoms with Crippen molar-refractivity contribution in [1.82, 2.24) is 15.2 Å². The molecule has 0 radical (unpaired) electrons. The van der Waals surface area contributed by atoms with Gasteiger partial charge in [-0.25, -0.2) is 4.79 Å². The normalized spacial score (nSPS) is 20.3. The molecule has 1 aromatic heterocycles. The summed E-state index contributed by atoms with van der Waals surface area (Å²) in [5, 5.41) is 2.34. The Balaban J connectivity index is 1.91. The predicted molar refractivity (Wildman–Crippen MR) is 62.2 cm³/mol. The fourth-order valence-electron chi connectivity index (χ4n) is 1.79. The summed E-state index contributed by atoms with van der Waals surface area (Å²) in [7, 11) is 0. The van der Waals surface area contributed by atoms with Crippen molar-refractivity contribution in [2.75, 3.05) is 13.1 Å². The van der Waals surface area contributed by atoms with Crippen LogP contribution in [-0.2, 0) is 11.2 Å². The molecule has 1 aliphatic heterocycles. The van der Waals surface area contributed by atoms with Crippen LogP contribution in [0.1, 0.15) is 12.6 Å². The number of pyridine rings is 1. The van der Waals surface area contributed by atoms with Gasteiger partial charge >= 0.3 is 6.03 Å². The second-order valence-electron chi connectivity index (χ2n) is 4.21. The van der Waals surface area contributed by atoms with E-state index in [1.54, 1.807) is 11.1 Å². The summed E-state index contributed by atoms with van der Waals surface area (Å²) in [6, 6.07) is 5.41. The zero-order valence-electron chi connectivity index (χ0n) is 9.72. The number of hydrogen-bond donors (Lipinski definition) is 1. The van der Waals surface area contributed by atoms with E-state index in [9.17, 15) is 9.59 Å². The largest absolute Gasteiger partial charge is 0.324 e. The molecule has 1 saturated heterocycles. The monoisotopic (exact) mass is 233 g/mol. The summed E-state index contributed by atoms with van der Waals surface area (Å²) in [6.45, 7) is 2.88. The Morgan fingerprint density at radius 3 is 3.00 bits per heavy atom. The number of nitrogens with one attached hydrogen (secondary N) is 1.